The maximum atomic E-state index is 12.4. The van der Waals surface area contributed by atoms with Crippen LogP contribution in [0.4, 0.5) is 0 Å². The summed E-state index contributed by atoms with van der Waals surface area (Å²) in [6, 6.07) is 0. The fourth-order valence-electron chi connectivity index (χ4n) is 2.80. The van der Waals surface area contributed by atoms with E-state index in [0.717, 1.165) is 31.3 Å². The van der Waals surface area contributed by atoms with Crippen LogP contribution in [0.5, 0.6) is 0 Å². The van der Waals surface area contributed by atoms with E-state index in [1.54, 1.807) is 0 Å². The molecule has 0 saturated carbocycles. The zero-order chi connectivity index (χ0) is 14.8. The minimum absolute atomic E-state index is 0.265. The summed E-state index contributed by atoms with van der Waals surface area (Å²) in [4.78, 5) is 12.4. The summed E-state index contributed by atoms with van der Waals surface area (Å²) in [5.74, 6) is 0.414. The molecule has 0 N–H and O–H groups in total. The molecule has 0 aliphatic heterocycles. The van der Waals surface area contributed by atoms with Gasteiger partial charge in [0.25, 0.3) is 0 Å². The second-order valence-corrected chi connectivity index (χ2v) is 7.58. The van der Waals surface area contributed by atoms with E-state index in [2.05, 4.69) is 26.8 Å². The van der Waals surface area contributed by atoms with Crippen LogP contribution >= 0.6 is 0 Å². The van der Waals surface area contributed by atoms with Crippen molar-refractivity contribution in [3.8, 4) is 0 Å². The van der Waals surface area contributed by atoms with Crippen LogP contribution in [0, 0.1) is 5.41 Å². The predicted molar refractivity (Wildman–Crippen MR) is 87.9 cm³/mol. The van der Waals surface area contributed by atoms with Gasteiger partial charge in [-0.15, -0.1) is 0 Å². The SMILES string of the molecule is CC(C)(C)CCC(=O)/C1=C/CCCCCCCCCC1. The molecule has 1 aliphatic rings. The van der Waals surface area contributed by atoms with Gasteiger partial charge in [-0.1, -0.05) is 65.4 Å². The van der Waals surface area contributed by atoms with Gasteiger partial charge in [-0.3, -0.25) is 4.79 Å². The molecule has 0 saturated heterocycles. The van der Waals surface area contributed by atoms with E-state index in [4.69, 9.17) is 0 Å². The molecule has 116 valence electrons. The lowest BCUT2D eigenvalue weighted by Crippen LogP contribution is -2.11. The average molecular weight is 278 g/mol. The van der Waals surface area contributed by atoms with Crippen molar-refractivity contribution < 1.29 is 4.79 Å². The molecule has 0 unspecified atom stereocenters. The summed E-state index contributed by atoms with van der Waals surface area (Å²) in [6.45, 7) is 6.65. The Bertz CT molecular complexity index is 306. The van der Waals surface area contributed by atoms with Crippen molar-refractivity contribution in [1.29, 1.82) is 0 Å². The van der Waals surface area contributed by atoms with Crippen LogP contribution in [0.25, 0.3) is 0 Å². The minimum atomic E-state index is 0.265. The average Bonchev–Trinajstić information content (AvgIpc) is 2.36. The summed E-state index contributed by atoms with van der Waals surface area (Å²) < 4.78 is 0. The molecule has 0 aromatic carbocycles. The second-order valence-electron chi connectivity index (χ2n) is 7.58. The lowest BCUT2D eigenvalue weighted by molar-refractivity contribution is -0.116. The van der Waals surface area contributed by atoms with Gasteiger partial charge in [0.15, 0.2) is 5.78 Å². The highest BCUT2D eigenvalue weighted by molar-refractivity contribution is 5.95. The first-order valence-electron chi connectivity index (χ1n) is 8.71. The highest BCUT2D eigenvalue weighted by atomic mass is 16.1. The number of carbonyl (C=O) groups excluding carboxylic acids is 1. The van der Waals surface area contributed by atoms with E-state index in [1.807, 2.05) is 0 Å². The third kappa shape index (κ3) is 8.55. The number of carbonyl (C=O) groups is 1. The van der Waals surface area contributed by atoms with Gasteiger partial charge in [0.05, 0.1) is 0 Å². The van der Waals surface area contributed by atoms with Gasteiger partial charge in [-0.25, -0.2) is 0 Å². The maximum Gasteiger partial charge on any atom is 0.158 e. The second kappa shape index (κ2) is 9.37. The first-order valence-corrected chi connectivity index (χ1v) is 8.71. The Morgan fingerprint density at radius 3 is 2.10 bits per heavy atom. The third-order valence-corrected chi connectivity index (χ3v) is 4.25. The van der Waals surface area contributed by atoms with Gasteiger partial charge in [-0.05, 0) is 43.1 Å². The molecule has 20 heavy (non-hydrogen) atoms. The quantitative estimate of drug-likeness (QED) is 0.598. The van der Waals surface area contributed by atoms with Crippen molar-refractivity contribution in [3.63, 3.8) is 0 Å². The molecule has 0 bridgehead atoms. The van der Waals surface area contributed by atoms with Gasteiger partial charge >= 0.3 is 0 Å². The highest BCUT2D eigenvalue weighted by Gasteiger charge is 2.15. The summed E-state index contributed by atoms with van der Waals surface area (Å²) in [5, 5.41) is 0. The van der Waals surface area contributed by atoms with Crippen molar-refractivity contribution in [2.24, 2.45) is 5.41 Å². The van der Waals surface area contributed by atoms with E-state index in [0.29, 0.717) is 5.78 Å². The standard InChI is InChI=1S/C19H34O/c1-19(2,3)16-15-18(20)17-13-11-9-7-5-4-6-8-10-12-14-17/h13H,4-12,14-16H2,1-3H3/b17-13+. The highest BCUT2D eigenvalue weighted by Crippen LogP contribution is 2.24. The van der Waals surface area contributed by atoms with E-state index in [9.17, 15) is 4.79 Å². The number of ketones is 1. The molecule has 1 heteroatoms. The summed E-state index contributed by atoms with van der Waals surface area (Å²) in [5.41, 5.74) is 1.40. The van der Waals surface area contributed by atoms with Crippen LogP contribution in [0.1, 0.15) is 97.8 Å². The van der Waals surface area contributed by atoms with Gasteiger partial charge in [-0.2, -0.15) is 0 Å². The van der Waals surface area contributed by atoms with Gasteiger partial charge in [0.2, 0.25) is 0 Å². The van der Waals surface area contributed by atoms with E-state index < -0.39 is 0 Å². The van der Waals surface area contributed by atoms with E-state index in [-0.39, 0.29) is 5.41 Å². The lowest BCUT2D eigenvalue weighted by atomic mass is 9.87. The number of hydrogen-bond acceptors (Lipinski definition) is 1. The topological polar surface area (TPSA) is 17.1 Å². The molecule has 0 heterocycles. The molecule has 0 aromatic heterocycles. The third-order valence-electron chi connectivity index (χ3n) is 4.25. The Morgan fingerprint density at radius 2 is 1.50 bits per heavy atom. The monoisotopic (exact) mass is 278 g/mol. The number of hydrogen-bond donors (Lipinski definition) is 0. The molecule has 0 atom stereocenters. The Labute approximate surface area is 126 Å². The molecule has 0 fully saturated rings. The molecule has 0 aromatic rings. The molecule has 1 aliphatic carbocycles. The normalized spacial score (nSPS) is 22.2. The van der Waals surface area contributed by atoms with Crippen molar-refractivity contribution in [2.75, 3.05) is 0 Å². The summed E-state index contributed by atoms with van der Waals surface area (Å²) in [6.07, 6.45) is 16.7. The van der Waals surface area contributed by atoms with Crippen LogP contribution in [0.15, 0.2) is 11.6 Å². The Balaban J connectivity index is 2.49. The smallest absolute Gasteiger partial charge is 0.158 e. The Kier molecular flexibility index (Phi) is 8.18. The molecule has 0 amide bonds. The zero-order valence-corrected chi connectivity index (χ0v) is 14.0. The van der Waals surface area contributed by atoms with Crippen LogP contribution < -0.4 is 0 Å². The maximum absolute atomic E-state index is 12.4. The fourth-order valence-corrected chi connectivity index (χ4v) is 2.80. The largest absolute Gasteiger partial charge is 0.295 e. The van der Waals surface area contributed by atoms with Gasteiger partial charge in [0.1, 0.15) is 0 Å². The first-order chi connectivity index (χ1) is 9.49. The summed E-state index contributed by atoms with van der Waals surface area (Å²) >= 11 is 0. The van der Waals surface area contributed by atoms with Crippen LogP contribution in [-0.4, -0.2) is 5.78 Å². The van der Waals surface area contributed by atoms with Crippen molar-refractivity contribution in [3.05, 3.63) is 11.6 Å². The molecule has 0 spiro atoms. The number of rotatable bonds is 3. The Hall–Kier alpha value is -0.590. The van der Waals surface area contributed by atoms with E-state index >= 15 is 0 Å². The van der Waals surface area contributed by atoms with Gasteiger partial charge < -0.3 is 0 Å². The van der Waals surface area contributed by atoms with Crippen LogP contribution in [-0.2, 0) is 4.79 Å². The van der Waals surface area contributed by atoms with Gasteiger partial charge in [0, 0.05) is 6.42 Å². The van der Waals surface area contributed by atoms with Crippen molar-refractivity contribution >= 4 is 5.78 Å². The molecule has 1 nitrogen and oxygen atoms in total. The predicted octanol–water partition coefficient (Wildman–Crippen LogP) is 6.22. The Morgan fingerprint density at radius 1 is 0.950 bits per heavy atom. The van der Waals surface area contributed by atoms with Crippen molar-refractivity contribution in [1.82, 2.24) is 0 Å². The summed E-state index contributed by atoms with van der Waals surface area (Å²) in [7, 11) is 0. The zero-order valence-electron chi connectivity index (χ0n) is 14.0. The minimum Gasteiger partial charge on any atom is -0.295 e. The first kappa shape index (κ1) is 17.5. The van der Waals surface area contributed by atoms with Crippen molar-refractivity contribution in [2.45, 2.75) is 97.8 Å². The van der Waals surface area contributed by atoms with Crippen LogP contribution in [0.3, 0.4) is 0 Å². The lowest BCUT2D eigenvalue weighted by Gasteiger charge is -2.18. The molecular weight excluding hydrogens is 244 g/mol. The molecule has 1 rings (SSSR count). The van der Waals surface area contributed by atoms with E-state index in [1.165, 1.54) is 51.4 Å². The van der Waals surface area contributed by atoms with Crippen LogP contribution in [0.2, 0.25) is 0 Å². The number of allylic oxidation sites excluding steroid dienone is 2. The number of Topliss-reactive ketones (excluding diaryl/α,β-unsaturated/α-hetero) is 1. The fraction of sp³-hybridized carbons (Fsp3) is 0.842. The molecular formula is C19H34O. The molecule has 0 radical (unpaired) electrons.